The van der Waals surface area contributed by atoms with Gasteiger partial charge in [-0.2, -0.15) is 0 Å². The molecule has 6 aliphatic rings. The fraction of sp³-hybridized carbons (Fsp3) is 0.800. The standard InChI is InChI=1S/C25H35NO4/c1-13(2)15-12-25-10-7-16-23(3,8-6-9-24(16,4)22(29)30-5)17(25)11-14(15)18-19(25)21(28)26-20(18)27/h12-14,16-19H,6-11H2,1-5H3,(H,26,27,28)/t14-,16+,17+,18+,19-,23-,24+,25-/m0/s1. The second kappa shape index (κ2) is 6.20. The van der Waals surface area contributed by atoms with Crippen LogP contribution in [0.1, 0.15) is 66.2 Å². The molecule has 1 saturated heterocycles. The van der Waals surface area contributed by atoms with Crippen molar-refractivity contribution in [2.75, 3.05) is 7.11 Å². The van der Waals surface area contributed by atoms with Crippen LogP contribution in [0.5, 0.6) is 0 Å². The van der Waals surface area contributed by atoms with Crippen molar-refractivity contribution in [3.63, 3.8) is 0 Å². The average molecular weight is 414 g/mol. The average Bonchev–Trinajstić information content (AvgIpc) is 3.02. The maximum absolute atomic E-state index is 13.0. The molecule has 1 N–H and O–H groups in total. The normalized spacial score (nSPS) is 49.1. The van der Waals surface area contributed by atoms with E-state index in [0.29, 0.717) is 11.8 Å². The van der Waals surface area contributed by atoms with Gasteiger partial charge >= 0.3 is 5.97 Å². The van der Waals surface area contributed by atoms with E-state index >= 15 is 0 Å². The predicted octanol–water partition coefficient (Wildman–Crippen LogP) is 3.87. The number of hydrogen-bond acceptors (Lipinski definition) is 4. The van der Waals surface area contributed by atoms with Gasteiger partial charge in [-0.25, -0.2) is 0 Å². The van der Waals surface area contributed by atoms with Crippen LogP contribution >= 0.6 is 0 Å². The summed E-state index contributed by atoms with van der Waals surface area (Å²) in [6.45, 7) is 8.90. The molecule has 3 saturated carbocycles. The van der Waals surface area contributed by atoms with E-state index in [2.05, 4.69) is 39.1 Å². The van der Waals surface area contributed by atoms with Crippen molar-refractivity contribution < 1.29 is 19.1 Å². The third-order valence-electron chi connectivity index (χ3n) is 10.2. The van der Waals surface area contributed by atoms with Crippen LogP contribution in [0.2, 0.25) is 0 Å². The zero-order valence-corrected chi connectivity index (χ0v) is 18.9. The van der Waals surface area contributed by atoms with Gasteiger partial charge in [0.25, 0.3) is 0 Å². The highest BCUT2D eigenvalue weighted by molar-refractivity contribution is 6.06. The molecule has 5 nitrogen and oxygen atoms in total. The van der Waals surface area contributed by atoms with Crippen molar-refractivity contribution in [3.8, 4) is 0 Å². The zero-order chi connectivity index (χ0) is 21.6. The number of rotatable bonds is 2. The largest absolute Gasteiger partial charge is 0.469 e. The lowest BCUT2D eigenvalue weighted by Crippen LogP contribution is -2.65. The summed E-state index contributed by atoms with van der Waals surface area (Å²) in [7, 11) is 1.50. The molecule has 30 heavy (non-hydrogen) atoms. The van der Waals surface area contributed by atoms with Crippen molar-refractivity contribution in [2.24, 2.45) is 51.8 Å². The first-order chi connectivity index (χ1) is 14.1. The number of carbonyl (C=O) groups excluding carboxylic acids is 3. The molecule has 0 unspecified atom stereocenters. The molecule has 4 fully saturated rings. The Bertz CT molecular complexity index is 861. The van der Waals surface area contributed by atoms with Crippen molar-refractivity contribution in [1.29, 1.82) is 0 Å². The summed E-state index contributed by atoms with van der Waals surface area (Å²) >= 11 is 0. The number of allylic oxidation sites excluding steroid dienone is 2. The lowest BCUT2D eigenvalue weighted by molar-refractivity contribution is -0.196. The molecular formula is C25H35NO4. The Morgan fingerprint density at radius 3 is 2.53 bits per heavy atom. The Balaban J connectivity index is 1.65. The lowest BCUT2D eigenvalue weighted by atomic mass is 9.34. The number of hydrogen-bond donors (Lipinski definition) is 1. The number of methoxy groups -OCH3 is 1. The number of ether oxygens (including phenoxy) is 1. The molecule has 2 amide bonds. The first-order valence-corrected chi connectivity index (χ1v) is 11.8. The molecule has 1 heterocycles. The highest BCUT2D eigenvalue weighted by atomic mass is 16.5. The van der Waals surface area contributed by atoms with E-state index in [4.69, 9.17) is 4.74 Å². The first-order valence-electron chi connectivity index (χ1n) is 11.8. The van der Waals surface area contributed by atoms with E-state index < -0.39 is 5.41 Å². The molecule has 1 spiro atoms. The second-order valence-corrected chi connectivity index (χ2v) is 11.5. The highest BCUT2D eigenvalue weighted by Gasteiger charge is 2.72. The van der Waals surface area contributed by atoms with E-state index in [-0.39, 0.29) is 52.3 Å². The molecule has 0 radical (unpaired) electrons. The van der Waals surface area contributed by atoms with E-state index in [1.165, 1.54) is 12.7 Å². The van der Waals surface area contributed by atoms with Crippen LogP contribution in [0.15, 0.2) is 11.6 Å². The van der Waals surface area contributed by atoms with Gasteiger partial charge in [-0.3, -0.25) is 19.7 Å². The molecule has 6 rings (SSSR count). The van der Waals surface area contributed by atoms with Gasteiger partial charge in [0, 0.05) is 5.41 Å². The van der Waals surface area contributed by atoms with E-state index in [0.717, 1.165) is 38.5 Å². The maximum Gasteiger partial charge on any atom is 0.311 e. The smallest absolute Gasteiger partial charge is 0.311 e. The minimum Gasteiger partial charge on any atom is -0.469 e. The second-order valence-electron chi connectivity index (χ2n) is 11.5. The number of carbonyl (C=O) groups is 3. The molecular weight excluding hydrogens is 378 g/mol. The molecule has 0 aromatic heterocycles. The minimum absolute atomic E-state index is 0.0203. The Hall–Kier alpha value is -1.65. The molecule has 5 aliphatic carbocycles. The Labute approximate surface area is 179 Å². The maximum atomic E-state index is 13.0. The van der Waals surface area contributed by atoms with E-state index in [1.54, 1.807) is 0 Å². The topological polar surface area (TPSA) is 72.5 Å². The fourth-order valence-electron chi connectivity index (χ4n) is 9.11. The highest BCUT2D eigenvalue weighted by Crippen LogP contribution is 2.74. The number of amides is 2. The lowest BCUT2D eigenvalue weighted by Gasteiger charge is -2.68. The Kier molecular flexibility index (Phi) is 4.19. The molecule has 0 aromatic rings. The van der Waals surface area contributed by atoms with Crippen molar-refractivity contribution in [1.82, 2.24) is 5.32 Å². The van der Waals surface area contributed by atoms with Gasteiger partial charge in [0.15, 0.2) is 0 Å². The van der Waals surface area contributed by atoms with Gasteiger partial charge in [-0.05, 0) is 68.1 Å². The first kappa shape index (κ1) is 20.3. The zero-order valence-electron chi connectivity index (χ0n) is 18.9. The molecule has 2 bridgehead atoms. The van der Waals surface area contributed by atoms with Gasteiger partial charge in [0.05, 0.1) is 24.4 Å². The third-order valence-corrected chi connectivity index (χ3v) is 10.2. The molecule has 0 aromatic carbocycles. The fourth-order valence-corrected chi connectivity index (χ4v) is 9.11. The van der Waals surface area contributed by atoms with Gasteiger partial charge in [0.2, 0.25) is 11.8 Å². The van der Waals surface area contributed by atoms with Gasteiger partial charge < -0.3 is 4.74 Å². The summed E-state index contributed by atoms with van der Waals surface area (Å²) in [4.78, 5) is 38.7. The SMILES string of the molecule is COC(=O)[C@]1(C)CCC[C@]2(C)[C@H]3C[C@H]4C(C(C)C)=C[C@]3(CC[C@H]21)[C@@H]1C(=O)NC(=O)[C@@H]14. The summed E-state index contributed by atoms with van der Waals surface area (Å²) in [6.07, 6.45) is 8.18. The number of imide groups is 1. The van der Waals surface area contributed by atoms with Crippen LogP contribution in [0.25, 0.3) is 0 Å². The van der Waals surface area contributed by atoms with Crippen LogP contribution in [-0.4, -0.2) is 24.9 Å². The van der Waals surface area contributed by atoms with Crippen LogP contribution in [-0.2, 0) is 19.1 Å². The van der Waals surface area contributed by atoms with Crippen LogP contribution in [0, 0.1) is 51.8 Å². The minimum atomic E-state index is -0.461. The quantitative estimate of drug-likeness (QED) is 0.424. The van der Waals surface area contributed by atoms with Crippen LogP contribution in [0.4, 0.5) is 0 Å². The summed E-state index contributed by atoms with van der Waals surface area (Å²) in [6, 6.07) is 0. The Morgan fingerprint density at radius 2 is 1.87 bits per heavy atom. The third kappa shape index (κ3) is 2.22. The molecule has 1 aliphatic heterocycles. The summed E-state index contributed by atoms with van der Waals surface area (Å²) in [5.74, 6) is 0.480. The summed E-state index contributed by atoms with van der Waals surface area (Å²) in [5, 5.41) is 2.69. The number of fused-ring (bicyclic) bond motifs is 1. The number of esters is 1. The molecule has 5 heteroatoms. The Morgan fingerprint density at radius 1 is 1.13 bits per heavy atom. The monoisotopic (exact) mass is 413 g/mol. The van der Waals surface area contributed by atoms with E-state index in [1.807, 2.05) is 0 Å². The van der Waals surface area contributed by atoms with Gasteiger partial charge in [-0.15, -0.1) is 0 Å². The van der Waals surface area contributed by atoms with Crippen molar-refractivity contribution in [2.45, 2.75) is 66.2 Å². The van der Waals surface area contributed by atoms with Crippen molar-refractivity contribution in [3.05, 3.63) is 11.6 Å². The van der Waals surface area contributed by atoms with Crippen molar-refractivity contribution >= 4 is 17.8 Å². The van der Waals surface area contributed by atoms with Gasteiger partial charge in [0.1, 0.15) is 0 Å². The summed E-state index contributed by atoms with van der Waals surface area (Å²) < 4.78 is 5.27. The molecule has 8 atom stereocenters. The van der Waals surface area contributed by atoms with Gasteiger partial charge in [-0.1, -0.05) is 38.8 Å². The van der Waals surface area contributed by atoms with Crippen LogP contribution < -0.4 is 5.32 Å². The summed E-state index contributed by atoms with van der Waals surface area (Å²) in [5.41, 5.74) is 0.645. The number of nitrogens with one attached hydrogen (secondary N) is 1. The van der Waals surface area contributed by atoms with Crippen LogP contribution in [0.3, 0.4) is 0 Å². The predicted molar refractivity (Wildman–Crippen MR) is 112 cm³/mol. The molecule has 164 valence electrons. The van der Waals surface area contributed by atoms with E-state index in [9.17, 15) is 14.4 Å².